The van der Waals surface area contributed by atoms with Crippen LogP contribution in [0.25, 0.3) is 0 Å². The fourth-order valence-electron chi connectivity index (χ4n) is 1.90. The quantitative estimate of drug-likeness (QED) is 0.806. The summed E-state index contributed by atoms with van der Waals surface area (Å²) >= 11 is 19.6. The summed E-state index contributed by atoms with van der Waals surface area (Å²) in [6.07, 6.45) is 0. The third-order valence-electron chi connectivity index (χ3n) is 2.80. The topological polar surface area (TPSA) is 12.0 Å². The Labute approximate surface area is 126 Å². The standard InChI is InChI=1S/C13H12Cl3NS/c1-7-5-8(3-4-10(7)14)12(17-2)9-6-11(15)18-13(9)16/h3-6,12,17H,1-2H3. The average Bonchev–Trinajstić information content (AvgIpc) is 2.64. The van der Waals surface area contributed by atoms with Crippen LogP contribution in [-0.4, -0.2) is 7.05 Å². The lowest BCUT2D eigenvalue weighted by Gasteiger charge is -2.17. The summed E-state index contributed by atoms with van der Waals surface area (Å²) in [6, 6.07) is 7.89. The lowest BCUT2D eigenvalue weighted by Crippen LogP contribution is -2.17. The molecule has 2 aromatic rings. The van der Waals surface area contributed by atoms with Crippen LogP contribution in [0.15, 0.2) is 24.3 Å². The first-order valence-corrected chi connectivity index (χ1v) is 7.36. The van der Waals surface area contributed by atoms with Crippen molar-refractivity contribution in [2.75, 3.05) is 7.05 Å². The summed E-state index contributed by atoms with van der Waals surface area (Å²) in [4.78, 5) is 0. The predicted octanol–water partition coefficient (Wildman–Crippen LogP) is 5.33. The largest absolute Gasteiger partial charge is 0.309 e. The van der Waals surface area contributed by atoms with Crippen LogP contribution in [0.2, 0.25) is 13.7 Å². The van der Waals surface area contributed by atoms with Gasteiger partial charge in [0.15, 0.2) is 0 Å². The van der Waals surface area contributed by atoms with E-state index in [1.807, 2.05) is 32.2 Å². The molecule has 1 N–H and O–H groups in total. The minimum atomic E-state index is 0.0252. The number of hydrogen-bond donors (Lipinski definition) is 1. The van der Waals surface area contributed by atoms with Gasteiger partial charge in [-0.15, -0.1) is 11.3 Å². The molecule has 0 aliphatic heterocycles. The summed E-state index contributed by atoms with van der Waals surface area (Å²) in [5.74, 6) is 0. The van der Waals surface area contributed by atoms with E-state index in [1.165, 1.54) is 11.3 Å². The molecule has 0 bridgehead atoms. The van der Waals surface area contributed by atoms with Crippen LogP contribution in [-0.2, 0) is 0 Å². The molecule has 1 aromatic carbocycles. The second kappa shape index (κ2) is 5.81. The Balaban J connectivity index is 2.45. The maximum Gasteiger partial charge on any atom is 0.0995 e. The van der Waals surface area contributed by atoms with Crippen molar-refractivity contribution in [3.05, 3.63) is 54.7 Å². The van der Waals surface area contributed by atoms with Gasteiger partial charge in [-0.25, -0.2) is 0 Å². The maximum atomic E-state index is 6.21. The molecule has 5 heteroatoms. The molecule has 0 radical (unpaired) electrons. The molecular formula is C13H12Cl3NS. The molecule has 0 aliphatic rings. The van der Waals surface area contributed by atoms with Crippen molar-refractivity contribution in [3.8, 4) is 0 Å². The smallest absolute Gasteiger partial charge is 0.0995 e. The van der Waals surface area contributed by atoms with E-state index in [-0.39, 0.29) is 6.04 Å². The van der Waals surface area contributed by atoms with E-state index in [1.54, 1.807) is 0 Å². The molecule has 1 heterocycles. The van der Waals surface area contributed by atoms with Gasteiger partial charge >= 0.3 is 0 Å². The highest BCUT2D eigenvalue weighted by Gasteiger charge is 2.18. The molecule has 1 nitrogen and oxygen atoms in total. The molecule has 1 unspecified atom stereocenters. The molecule has 1 aromatic heterocycles. The third-order valence-corrected chi connectivity index (χ3v) is 4.74. The van der Waals surface area contributed by atoms with Gasteiger partial charge in [0, 0.05) is 10.6 Å². The van der Waals surface area contributed by atoms with E-state index in [9.17, 15) is 0 Å². The predicted molar refractivity (Wildman–Crippen MR) is 81.4 cm³/mol. The number of thiophene rings is 1. The zero-order valence-electron chi connectivity index (χ0n) is 9.93. The highest BCUT2D eigenvalue weighted by atomic mass is 35.5. The Morgan fingerprint density at radius 2 is 1.89 bits per heavy atom. The Hall–Kier alpha value is -0.250. The van der Waals surface area contributed by atoms with E-state index >= 15 is 0 Å². The summed E-state index contributed by atoms with van der Waals surface area (Å²) in [6.45, 7) is 1.99. The van der Waals surface area contributed by atoms with Crippen LogP contribution in [0.4, 0.5) is 0 Å². The van der Waals surface area contributed by atoms with Gasteiger partial charge in [0.05, 0.1) is 14.7 Å². The van der Waals surface area contributed by atoms with Crippen LogP contribution in [0, 0.1) is 6.92 Å². The summed E-state index contributed by atoms with van der Waals surface area (Å²) < 4.78 is 1.41. The van der Waals surface area contributed by atoms with Crippen molar-refractivity contribution in [1.29, 1.82) is 0 Å². The van der Waals surface area contributed by atoms with Gasteiger partial charge < -0.3 is 5.32 Å². The van der Waals surface area contributed by atoms with Crippen molar-refractivity contribution in [2.24, 2.45) is 0 Å². The summed E-state index contributed by atoms with van der Waals surface area (Å²) in [5, 5.41) is 4.02. The Morgan fingerprint density at radius 3 is 2.39 bits per heavy atom. The Bertz CT molecular complexity index is 565. The maximum absolute atomic E-state index is 6.21. The first-order valence-electron chi connectivity index (χ1n) is 5.41. The zero-order valence-corrected chi connectivity index (χ0v) is 13.0. The minimum Gasteiger partial charge on any atom is -0.309 e. The molecule has 2 rings (SSSR count). The van der Waals surface area contributed by atoms with Crippen molar-refractivity contribution < 1.29 is 0 Å². The molecule has 18 heavy (non-hydrogen) atoms. The van der Waals surface area contributed by atoms with E-state index in [4.69, 9.17) is 34.8 Å². The van der Waals surface area contributed by atoms with Gasteiger partial charge in [-0.05, 0) is 37.2 Å². The minimum absolute atomic E-state index is 0.0252. The number of benzene rings is 1. The monoisotopic (exact) mass is 319 g/mol. The van der Waals surface area contributed by atoms with E-state index < -0.39 is 0 Å². The van der Waals surface area contributed by atoms with Gasteiger partial charge in [0.25, 0.3) is 0 Å². The Kier molecular flexibility index (Phi) is 4.57. The number of rotatable bonds is 3. The SMILES string of the molecule is CNC(c1ccc(Cl)c(C)c1)c1cc(Cl)sc1Cl. The number of nitrogens with one attached hydrogen (secondary N) is 1. The van der Waals surface area contributed by atoms with Crippen LogP contribution >= 0.6 is 46.1 Å². The van der Waals surface area contributed by atoms with Crippen molar-refractivity contribution in [1.82, 2.24) is 5.32 Å². The number of hydrogen-bond acceptors (Lipinski definition) is 2. The van der Waals surface area contributed by atoms with Crippen molar-refractivity contribution in [3.63, 3.8) is 0 Å². The van der Waals surface area contributed by atoms with E-state index in [0.717, 1.165) is 21.7 Å². The zero-order chi connectivity index (χ0) is 13.3. The highest BCUT2D eigenvalue weighted by molar-refractivity contribution is 7.20. The highest BCUT2D eigenvalue weighted by Crippen LogP contribution is 2.37. The van der Waals surface area contributed by atoms with Gasteiger partial charge in [-0.2, -0.15) is 0 Å². The van der Waals surface area contributed by atoms with Crippen molar-refractivity contribution >= 4 is 46.1 Å². The average molecular weight is 321 g/mol. The van der Waals surface area contributed by atoms with Gasteiger partial charge in [-0.3, -0.25) is 0 Å². The number of halogens is 3. The molecule has 96 valence electrons. The van der Waals surface area contributed by atoms with Crippen molar-refractivity contribution in [2.45, 2.75) is 13.0 Å². The van der Waals surface area contributed by atoms with E-state index in [2.05, 4.69) is 11.4 Å². The molecule has 0 aliphatic carbocycles. The lowest BCUT2D eigenvalue weighted by molar-refractivity contribution is 0.694. The van der Waals surface area contributed by atoms with Crippen LogP contribution < -0.4 is 5.32 Å². The van der Waals surface area contributed by atoms with Gasteiger partial charge in [0.1, 0.15) is 0 Å². The first-order chi connectivity index (χ1) is 8.52. The fourth-order valence-corrected chi connectivity index (χ4v) is 3.55. The van der Waals surface area contributed by atoms with Gasteiger partial charge in [0.2, 0.25) is 0 Å². The number of aryl methyl sites for hydroxylation is 1. The second-order valence-corrected chi connectivity index (χ2v) is 6.70. The third kappa shape index (κ3) is 2.84. The van der Waals surface area contributed by atoms with Crippen LogP contribution in [0.3, 0.4) is 0 Å². The normalized spacial score (nSPS) is 12.7. The van der Waals surface area contributed by atoms with E-state index in [0.29, 0.717) is 8.67 Å². The molecule has 0 fully saturated rings. The van der Waals surface area contributed by atoms with Crippen LogP contribution in [0.1, 0.15) is 22.7 Å². The molecule has 0 saturated heterocycles. The molecule has 0 spiro atoms. The van der Waals surface area contributed by atoms with Crippen LogP contribution in [0.5, 0.6) is 0 Å². The first kappa shape index (κ1) is 14.2. The summed E-state index contributed by atoms with van der Waals surface area (Å²) in [7, 11) is 1.90. The van der Waals surface area contributed by atoms with Gasteiger partial charge in [-0.1, -0.05) is 46.9 Å². The molecule has 0 saturated carbocycles. The molecule has 1 atom stereocenters. The summed E-state index contributed by atoms with van der Waals surface area (Å²) in [5.41, 5.74) is 3.17. The molecule has 0 amide bonds. The fraction of sp³-hybridized carbons (Fsp3) is 0.231. The molecular weight excluding hydrogens is 309 g/mol. The second-order valence-electron chi connectivity index (χ2n) is 4.01. The Morgan fingerprint density at radius 1 is 1.17 bits per heavy atom. The lowest BCUT2D eigenvalue weighted by atomic mass is 10.00.